The molecular formula is C35H36N2O10. The summed E-state index contributed by atoms with van der Waals surface area (Å²) in [5.74, 6) is -3.39. The molecule has 2 fully saturated rings. The maximum absolute atomic E-state index is 14.4. The second kappa shape index (κ2) is 10.3. The first-order valence-electron chi connectivity index (χ1n) is 16.0. The molecule has 0 unspecified atom stereocenters. The number of carbonyl (C=O) groups excluding carboxylic acids is 2. The van der Waals surface area contributed by atoms with Crippen molar-refractivity contribution in [2.24, 2.45) is 5.41 Å². The van der Waals surface area contributed by atoms with Crippen LogP contribution in [-0.2, 0) is 11.2 Å². The van der Waals surface area contributed by atoms with Crippen LogP contribution in [0.25, 0.3) is 10.8 Å². The van der Waals surface area contributed by atoms with Gasteiger partial charge in [0, 0.05) is 46.7 Å². The van der Waals surface area contributed by atoms with Gasteiger partial charge < -0.3 is 45.4 Å². The number of aromatic hydroxyl groups is 1. The molecule has 12 heteroatoms. The molecule has 0 amide bonds. The summed E-state index contributed by atoms with van der Waals surface area (Å²) in [6.45, 7) is 0.957. The van der Waals surface area contributed by atoms with Crippen molar-refractivity contribution in [3.8, 4) is 11.5 Å². The lowest BCUT2D eigenvalue weighted by molar-refractivity contribution is -0.364. The largest absolute Gasteiger partial charge is 0.507 e. The van der Waals surface area contributed by atoms with Gasteiger partial charge in [-0.25, -0.2) is 4.98 Å². The third-order valence-electron chi connectivity index (χ3n) is 11.0. The van der Waals surface area contributed by atoms with Gasteiger partial charge in [-0.15, -0.1) is 0 Å². The Morgan fingerprint density at radius 1 is 0.979 bits per heavy atom. The Kier molecular flexibility index (Phi) is 6.66. The number of aryl methyl sites for hydroxylation is 2. The number of aliphatic hydroxyl groups excluding tert-OH is 5. The first-order chi connectivity index (χ1) is 22.5. The highest BCUT2D eigenvalue weighted by Crippen LogP contribution is 2.53. The molecule has 9 rings (SSSR count). The zero-order chi connectivity index (χ0) is 33.0. The van der Waals surface area contributed by atoms with E-state index in [4.69, 9.17) is 9.47 Å². The van der Waals surface area contributed by atoms with Crippen molar-refractivity contribution in [2.75, 3.05) is 18.5 Å². The van der Waals surface area contributed by atoms with E-state index in [-0.39, 0.29) is 53.1 Å². The van der Waals surface area contributed by atoms with Gasteiger partial charge >= 0.3 is 0 Å². The number of hydrogen-bond donors (Lipinski definition) is 7. The summed E-state index contributed by atoms with van der Waals surface area (Å²) in [7, 11) is 0. The SMILES string of the molecule is Cc1cc(O)c2c(c1)C(=O)c1c(c3c4c5c(nccc15)NC[C@H](O)C1(/C=C/[C@]5(CO)O[C@@](CC4)(O3)[C@H](O)[C@@H](O)[C@@H]5O)CCCC1)C2=O. The topological polar surface area (TPSA) is 199 Å². The molecule has 2 spiro atoms. The number of benzene rings is 2. The highest BCUT2D eigenvalue weighted by Gasteiger charge is 2.62. The van der Waals surface area contributed by atoms with E-state index in [1.165, 1.54) is 18.3 Å². The van der Waals surface area contributed by atoms with Crippen molar-refractivity contribution in [3.05, 3.63) is 69.9 Å². The summed E-state index contributed by atoms with van der Waals surface area (Å²) in [5, 5.41) is 71.6. The zero-order valence-corrected chi connectivity index (χ0v) is 25.7. The fraction of sp³-hybridized carbons (Fsp3) is 0.457. The molecule has 246 valence electrons. The van der Waals surface area contributed by atoms with E-state index in [9.17, 15) is 40.2 Å². The smallest absolute Gasteiger partial charge is 0.240 e. The molecule has 2 aliphatic carbocycles. The van der Waals surface area contributed by atoms with E-state index < -0.39 is 59.4 Å². The predicted octanol–water partition coefficient (Wildman–Crippen LogP) is 1.79. The number of aliphatic hydroxyl groups is 5. The van der Waals surface area contributed by atoms with Crippen molar-refractivity contribution in [3.63, 3.8) is 0 Å². The van der Waals surface area contributed by atoms with E-state index in [0.29, 0.717) is 40.6 Å². The maximum Gasteiger partial charge on any atom is 0.240 e. The Hall–Kier alpha value is -3.91. The summed E-state index contributed by atoms with van der Waals surface area (Å²) in [4.78, 5) is 33.3. The molecule has 6 aliphatic rings. The number of aromatic nitrogens is 1. The van der Waals surface area contributed by atoms with Gasteiger partial charge in [0.15, 0.2) is 5.78 Å². The summed E-state index contributed by atoms with van der Waals surface area (Å²) < 4.78 is 13.0. The van der Waals surface area contributed by atoms with E-state index in [2.05, 4.69) is 10.3 Å². The van der Waals surface area contributed by atoms with Crippen LogP contribution in [0.4, 0.5) is 5.82 Å². The Morgan fingerprint density at radius 2 is 1.74 bits per heavy atom. The quantitative estimate of drug-likeness (QED) is 0.149. The molecule has 6 atom stereocenters. The van der Waals surface area contributed by atoms with Gasteiger partial charge in [-0.3, -0.25) is 9.59 Å². The second-order valence-electron chi connectivity index (χ2n) is 13.7. The molecule has 0 radical (unpaired) electrons. The number of nitrogens with one attached hydrogen (secondary N) is 1. The third-order valence-corrected chi connectivity index (χ3v) is 11.0. The van der Waals surface area contributed by atoms with Crippen LogP contribution in [0.1, 0.15) is 75.1 Å². The van der Waals surface area contributed by atoms with Gasteiger partial charge in [0.1, 0.15) is 41.2 Å². The lowest BCUT2D eigenvalue weighted by atomic mass is 9.74. The molecule has 47 heavy (non-hydrogen) atoms. The number of anilines is 1. The minimum absolute atomic E-state index is 0.0165. The van der Waals surface area contributed by atoms with Gasteiger partial charge in [0.2, 0.25) is 11.6 Å². The summed E-state index contributed by atoms with van der Waals surface area (Å²) in [6, 6.07) is 4.58. The van der Waals surface area contributed by atoms with Crippen molar-refractivity contribution >= 4 is 28.2 Å². The van der Waals surface area contributed by atoms with Crippen LogP contribution in [0.2, 0.25) is 0 Å². The van der Waals surface area contributed by atoms with Gasteiger partial charge in [0.05, 0.1) is 23.8 Å². The molecule has 1 saturated heterocycles. The molecular weight excluding hydrogens is 608 g/mol. The first kappa shape index (κ1) is 30.4. The van der Waals surface area contributed by atoms with Crippen LogP contribution in [0.15, 0.2) is 36.5 Å². The van der Waals surface area contributed by atoms with Crippen LogP contribution >= 0.6 is 0 Å². The van der Waals surface area contributed by atoms with Crippen molar-refractivity contribution in [1.82, 2.24) is 4.98 Å². The Labute approximate surface area is 269 Å². The van der Waals surface area contributed by atoms with Gasteiger partial charge in [-0.1, -0.05) is 25.0 Å². The number of rotatable bonds is 1. The van der Waals surface area contributed by atoms with E-state index in [1.54, 1.807) is 25.1 Å². The van der Waals surface area contributed by atoms with Gasteiger partial charge in [-0.2, -0.15) is 0 Å². The van der Waals surface area contributed by atoms with Crippen LogP contribution in [0, 0.1) is 12.3 Å². The first-order valence-corrected chi connectivity index (χ1v) is 16.0. The molecule has 1 saturated carbocycles. The number of carbonyl (C=O) groups is 2. The molecule has 5 bridgehead atoms. The average molecular weight is 645 g/mol. The normalized spacial score (nSPS) is 32.9. The second-order valence-corrected chi connectivity index (χ2v) is 13.7. The van der Waals surface area contributed by atoms with E-state index in [1.807, 2.05) is 0 Å². The highest BCUT2D eigenvalue weighted by atomic mass is 16.7. The number of ketones is 2. The lowest BCUT2D eigenvalue weighted by Gasteiger charge is -2.54. The fourth-order valence-electron chi connectivity index (χ4n) is 8.50. The average Bonchev–Trinajstić information content (AvgIpc) is 3.55. The summed E-state index contributed by atoms with van der Waals surface area (Å²) in [6.07, 6.45) is 1.22. The number of nitrogens with zero attached hydrogens (tertiary/aromatic N) is 1. The molecule has 7 N–H and O–H groups in total. The van der Waals surface area contributed by atoms with E-state index >= 15 is 0 Å². The molecule has 3 aromatic rings. The molecule has 1 aromatic heterocycles. The number of hydrogen-bond acceptors (Lipinski definition) is 12. The number of phenolic OH excluding ortho intramolecular Hbond substituents is 1. The Morgan fingerprint density at radius 3 is 2.49 bits per heavy atom. The molecule has 5 heterocycles. The number of pyridine rings is 1. The number of phenols is 1. The Bertz CT molecular complexity index is 1900. The predicted molar refractivity (Wildman–Crippen MR) is 167 cm³/mol. The van der Waals surface area contributed by atoms with Crippen molar-refractivity contribution < 1.29 is 49.7 Å². The summed E-state index contributed by atoms with van der Waals surface area (Å²) in [5.41, 5.74) is -1.95. The summed E-state index contributed by atoms with van der Waals surface area (Å²) >= 11 is 0. The monoisotopic (exact) mass is 644 g/mol. The third kappa shape index (κ3) is 4.06. The standard InChI is InChI=1S/C35H36N2O10/c1-16-12-19-23(20(39)13-16)27(42)25-24(26(19)41)17-5-11-36-32-22(17)18-4-8-35(46-29(18)25)31(45)28(43)30(44)34(15-38,47-35)10-9-33(6-2-3-7-33)21(40)14-37-32/h5,9-13,21,28,30-31,38-40,43-45H,2-4,6-8,14-15H2,1H3,(H,36,37)/b10-9+/t21-,28-,30-,31+,34+,35+/m0/s1. The van der Waals surface area contributed by atoms with Crippen LogP contribution in [0.5, 0.6) is 11.5 Å². The van der Waals surface area contributed by atoms with Crippen molar-refractivity contribution in [2.45, 2.75) is 81.3 Å². The van der Waals surface area contributed by atoms with Crippen LogP contribution in [-0.4, -0.2) is 96.1 Å². The van der Waals surface area contributed by atoms with Crippen LogP contribution in [0.3, 0.4) is 0 Å². The molecule has 2 aromatic carbocycles. The molecule has 4 aliphatic heterocycles. The minimum Gasteiger partial charge on any atom is -0.507 e. The highest BCUT2D eigenvalue weighted by molar-refractivity contribution is 6.34. The molecule has 12 nitrogen and oxygen atoms in total. The maximum atomic E-state index is 14.4. The van der Waals surface area contributed by atoms with Crippen molar-refractivity contribution in [1.29, 1.82) is 0 Å². The number of fused-ring (bicyclic) bond motifs is 6. The van der Waals surface area contributed by atoms with Gasteiger partial charge in [0.25, 0.3) is 0 Å². The lowest BCUT2D eigenvalue weighted by Crippen LogP contribution is -2.72. The van der Waals surface area contributed by atoms with E-state index in [0.717, 1.165) is 12.8 Å². The van der Waals surface area contributed by atoms with Gasteiger partial charge in [-0.05, 0) is 55.3 Å². The van der Waals surface area contributed by atoms with Crippen LogP contribution < -0.4 is 10.1 Å². The fourth-order valence-corrected chi connectivity index (χ4v) is 8.50. The number of ether oxygens (including phenoxy) is 2. The Balaban J connectivity index is 1.44. The minimum atomic E-state index is -2.08. The zero-order valence-electron chi connectivity index (χ0n) is 25.7.